The average molecular weight is 337 g/mol. The van der Waals surface area contributed by atoms with Crippen molar-refractivity contribution in [3.63, 3.8) is 0 Å². The maximum absolute atomic E-state index is 12.8. The van der Waals surface area contributed by atoms with Gasteiger partial charge >= 0.3 is 0 Å². The van der Waals surface area contributed by atoms with E-state index in [9.17, 15) is 9.59 Å². The molecule has 2 saturated heterocycles. The zero-order valence-electron chi connectivity index (χ0n) is 13.4. The normalized spacial score (nSPS) is 25.2. The number of amides is 2. The SMILES string of the molecule is COCCN1C[C@H](C(=O)N2CCC[C@H](c3nccs3)C2)CC1=O. The number of hydrogen-bond acceptors (Lipinski definition) is 5. The Hall–Kier alpha value is -1.47. The molecule has 0 saturated carbocycles. The Labute approximate surface area is 140 Å². The number of likely N-dealkylation sites (tertiary alicyclic amines) is 2. The molecule has 2 atom stereocenters. The second-order valence-corrected chi connectivity index (χ2v) is 7.15. The Morgan fingerprint density at radius 1 is 1.48 bits per heavy atom. The van der Waals surface area contributed by atoms with Gasteiger partial charge in [-0.2, -0.15) is 0 Å². The van der Waals surface area contributed by atoms with Gasteiger partial charge in [0.1, 0.15) is 0 Å². The summed E-state index contributed by atoms with van der Waals surface area (Å²) in [6.07, 6.45) is 4.25. The third-order valence-electron chi connectivity index (χ3n) is 4.66. The molecular formula is C16H23N3O3S. The number of piperidine rings is 1. The molecular weight excluding hydrogens is 314 g/mol. The summed E-state index contributed by atoms with van der Waals surface area (Å²) in [5.41, 5.74) is 0. The van der Waals surface area contributed by atoms with Crippen LogP contribution in [0.25, 0.3) is 0 Å². The summed E-state index contributed by atoms with van der Waals surface area (Å²) in [4.78, 5) is 32.9. The van der Waals surface area contributed by atoms with Crippen molar-refractivity contribution in [2.24, 2.45) is 5.92 Å². The van der Waals surface area contributed by atoms with Gasteiger partial charge in [0.25, 0.3) is 0 Å². The molecule has 2 fully saturated rings. The lowest BCUT2D eigenvalue weighted by Gasteiger charge is -2.33. The summed E-state index contributed by atoms with van der Waals surface area (Å²) in [6.45, 7) is 3.14. The van der Waals surface area contributed by atoms with Crippen molar-refractivity contribution in [2.75, 3.05) is 39.9 Å². The van der Waals surface area contributed by atoms with E-state index >= 15 is 0 Å². The monoisotopic (exact) mass is 337 g/mol. The van der Waals surface area contributed by atoms with E-state index in [1.54, 1.807) is 23.3 Å². The molecule has 2 aliphatic rings. The maximum atomic E-state index is 12.8. The molecule has 126 valence electrons. The van der Waals surface area contributed by atoms with Gasteiger partial charge in [-0.3, -0.25) is 9.59 Å². The van der Waals surface area contributed by atoms with Crippen LogP contribution in [0, 0.1) is 5.92 Å². The van der Waals surface area contributed by atoms with Gasteiger partial charge < -0.3 is 14.5 Å². The Morgan fingerprint density at radius 3 is 3.09 bits per heavy atom. The van der Waals surface area contributed by atoms with Crippen LogP contribution in [0.2, 0.25) is 0 Å². The van der Waals surface area contributed by atoms with Gasteiger partial charge in [0.05, 0.1) is 17.5 Å². The van der Waals surface area contributed by atoms with Crippen molar-refractivity contribution in [1.82, 2.24) is 14.8 Å². The first kappa shape index (κ1) is 16.4. The van der Waals surface area contributed by atoms with Crippen molar-refractivity contribution in [2.45, 2.75) is 25.2 Å². The van der Waals surface area contributed by atoms with Crippen LogP contribution in [0.4, 0.5) is 0 Å². The fourth-order valence-electron chi connectivity index (χ4n) is 3.43. The third kappa shape index (κ3) is 3.72. The van der Waals surface area contributed by atoms with Crippen molar-refractivity contribution in [3.8, 4) is 0 Å². The van der Waals surface area contributed by atoms with Gasteiger partial charge in [-0.25, -0.2) is 4.98 Å². The summed E-state index contributed by atoms with van der Waals surface area (Å²) in [5.74, 6) is 0.331. The Kier molecular flexibility index (Phi) is 5.27. The summed E-state index contributed by atoms with van der Waals surface area (Å²) in [6, 6.07) is 0. The molecule has 23 heavy (non-hydrogen) atoms. The summed E-state index contributed by atoms with van der Waals surface area (Å²) in [7, 11) is 1.62. The van der Waals surface area contributed by atoms with E-state index in [-0.39, 0.29) is 17.7 Å². The second-order valence-electron chi connectivity index (χ2n) is 6.23. The number of thiazole rings is 1. The first-order valence-electron chi connectivity index (χ1n) is 8.14. The molecule has 2 aliphatic heterocycles. The molecule has 0 N–H and O–H groups in total. The lowest BCUT2D eigenvalue weighted by molar-refractivity contribution is -0.137. The van der Waals surface area contributed by atoms with E-state index < -0.39 is 0 Å². The molecule has 0 bridgehead atoms. The number of carbonyl (C=O) groups excluding carboxylic acids is 2. The van der Waals surface area contributed by atoms with Crippen LogP contribution in [0.1, 0.15) is 30.2 Å². The minimum absolute atomic E-state index is 0.0638. The molecule has 0 spiro atoms. The predicted molar refractivity (Wildman–Crippen MR) is 87.2 cm³/mol. The van der Waals surface area contributed by atoms with E-state index in [1.807, 2.05) is 16.5 Å². The molecule has 6 nitrogen and oxygen atoms in total. The van der Waals surface area contributed by atoms with Crippen LogP contribution in [-0.4, -0.2) is 66.5 Å². The van der Waals surface area contributed by atoms with Crippen molar-refractivity contribution >= 4 is 23.2 Å². The molecule has 2 amide bonds. The number of carbonyl (C=O) groups is 2. The van der Waals surface area contributed by atoms with E-state index in [4.69, 9.17) is 4.74 Å². The lowest BCUT2D eigenvalue weighted by atomic mass is 9.96. The Bertz CT molecular complexity index is 549. The number of aromatic nitrogens is 1. The number of ether oxygens (including phenoxy) is 1. The third-order valence-corrected chi connectivity index (χ3v) is 5.60. The van der Waals surface area contributed by atoms with Crippen LogP contribution >= 0.6 is 11.3 Å². The van der Waals surface area contributed by atoms with Crippen LogP contribution in [-0.2, 0) is 14.3 Å². The van der Waals surface area contributed by atoms with E-state index in [0.29, 0.717) is 32.0 Å². The van der Waals surface area contributed by atoms with Gasteiger partial charge in [0, 0.05) is 57.2 Å². The first-order valence-corrected chi connectivity index (χ1v) is 9.02. The van der Waals surface area contributed by atoms with Crippen LogP contribution < -0.4 is 0 Å². The number of nitrogens with zero attached hydrogens (tertiary/aromatic N) is 3. The minimum Gasteiger partial charge on any atom is -0.383 e. The second kappa shape index (κ2) is 7.40. The highest BCUT2D eigenvalue weighted by molar-refractivity contribution is 7.09. The Morgan fingerprint density at radius 2 is 2.35 bits per heavy atom. The van der Waals surface area contributed by atoms with E-state index in [1.165, 1.54) is 0 Å². The first-order chi connectivity index (χ1) is 11.2. The zero-order valence-corrected chi connectivity index (χ0v) is 14.3. The molecule has 3 rings (SSSR count). The minimum atomic E-state index is -0.200. The zero-order chi connectivity index (χ0) is 16.2. The molecule has 1 aromatic rings. The number of rotatable bonds is 5. The van der Waals surface area contributed by atoms with Gasteiger partial charge in [-0.1, -0.05) is 0 Å². The van der Waals surface area contributed by atoms with Crippen LogP contribution in [0.5, 0.6) is 0 Å². The highest BCUT2D eigenvalue weighted by atomic mass is 32.1. The number of methoxy groups -OCH3 is 1. The lowest BCUT2D eigenvalue weighted by Crippen LogP contribution is -2.43. The molecule has 1 aromatic heterocycles. The van der Waals surface area contributed by atoms with Crippen molar-refractivity contribution in [1.29, 1.82) is 0 Å². The van der Waals surface area contributed by atoms with Gasteiger partial charge in [0.15, 0.2) is 0 Å². The predicted octanol–water partition coefficient (Wildman–Crippen LogP) is 1.34. The quantitative estimate of drug-likeness (QED) is 0.813. The molecule has 7 heteroatoms. The maximum Gasteiger partial charge on any atom is 0.228 e. The molecule has 0 radical (unpaired) electrons. The van der Waals surface area contributed by atoms with E-state index in [0.717, 1.165) is 30.9 Å². The van der Waals surface area contributed by atoms with E-state index in [2.05, 4.69) is 4.98 Å². The number of hydrogen-bond donors (Lipinski definition) is 0. The Balaban J connectivity index is 1.58. The molecule has 0 aliphatic carbocycles. The van der Waals surface area contributed by atoms with Gasteiger partial charge in [-0.05, 0) is 12.8 Å². The summed E-state index contributed by atoms with van der Waals surface area (Å²) in [5, 5.41) is 3.10. The average Bonchev–Trinajstić information content (AvgIpc) is 3.22. The largest absolute Gasteiger partial charge is 0.383 e. The van der Waals surface area contributed by atoms with Crippen LogP contribution in [0.3, 0.4) is 0 Å². The standard InChI is InChI=1S/C16H23N3O3S/c1-22-7-6-18-11-13(9-14(18)20)16(21)19-5-2-3-12(10-19)15-17-4-8-23-15/h4,8,12-13H,2-3,5-7,9-11H2,1H3/t12-,13+/m0/s1. The van der Waals surface area contributed by atoms with Crippen molar-refractivity contribution in [3.05, 3.63) is 16.6 Å². The van der Waals surface area contributed by atoms with Crippen LogP contribution in [0.15, 0.2) is 11.6 Å². The highest BCUT2D eigenvalue weighted by Gasteiger charge is 2.37. The highest BCUT2D eigenvalue weighted by Crippen LogP contribution is 2.30. The summed E-state index contributed by atoms with van der Waals surface area (Å²) >= 11 is 1.66. The fourth-order valence-corrected chi connectivity index (χ4v) is 4.20. The van der Waals surface area contributed by atoms with Gasteiger partial charge in [-0.15, -0.1) is 11.3 Å². The van der Waals surface area contributed by atoms with Gasteiger partial charge in [0.2, 0.25) is 11.8 Å². The summed E-state index contributed by atoms with van der Waals surface area (Å²) < 4.78 is 5.02. The molecule has 0 aromatic carbocycles. The topological polar surface area (TPSA) is 62.7 Å². The molecule has 0 unspecified atom stereocenters. The van der Waals surface area contributed by atoms with Crippen molar-refractivity contribution < 1.29 is 14.3 Å². The molecule has 3 heterocycles. The smallest absolute Gasteiger partial charge is 0.228 e. The fraction of sp³-hybridized carbons (Fsp3) is 0.688.